The van der Waals surface area contributed by atoms with Gasteiger partial charge in [-0.25, -0.2) is 9.59 Å². The Morgan fingerprint density at radius 1 is 1.07 bits per heavy atom. The molecule has 148 valence electrons. The smallest absolute Gasteiger partial charge is 0.378 e. The van der Waals surface area contributed by atoms with Crippen LogP contribution in [0.2, 0.25) is 5.02 Å². The maximum Gasteiger partial charge on any atom is 0.378 e. The van der Waals surface area contributed by atoms with E-state index in [1.54, 1.807) is 0 Å². The summed E-state index contributed by atoms with van der Waals surface area (Å²) >= 11 is 5.73. The van der Waals surface area contributed by atoms with Crippen molar-refractivity contribution in [2.45, 2.75) is 13.8 Å². The molecule has 1 aromatic carbocycles. The maximum atomic E-state index is 12.2. The monoisotopic (exact) mass is 413 g/mol. The Labute approximate surface area is 161 Å². The van der Waals surface area contributed by atoms with Crippen LogP contribution in [-0.2, 0) is 9.47 Å². The van der Waals surface area contributed by atoms with Gasteiger partial charge in [-0.15, -0.1) is 5.10 Å². The van der Waals surface area contributed by atoms with Crippen LogP contribution in [0, 0.1) is 20.2 Å². The highest BCUT2D eigenvalue weighted by Crippen LogP contribution is 2.36. The normalized spacial score (nSPS) is 10.4. The number of hydrogen-bond donors (Lipinski definition) is 0. The molecule has 28 heavy (non-hydrogen) atoms. The molecule has 1 heterocycles. The first-order valence-corrected chi connectivity index (χ1v) is 8.03. The summed E-state index contributed by atoms with van der Waals surface area (Å²) in [5, 5.41) is 26.3. The second-order valence-electron chi connectivity index (χ2n) is 4.92. The van der Waals surface area contributed by atoms with Crippen molar-refractivity contribution in [2.24, 2.45) is 0 Å². The Bertz CT molecular complexity index is 938. The summed E-state index contributed by atoms with van der Waals surface area (Å²) in [6, 6.07) is 1.68. The van der Waals surface area contributed by atoms with Crippen molar-refractivity contribution in [1.29, 1.82) is 0 Å². The molecule has 14 heteroatoms. The SMILES string of the molecule is CCOC(=O)c1nc(C(=O)OCC)n(-c2c([N+](=O)[O-])cc(Cl)cc2[N+](=O)[O-])n1. The molecule has 0 bridgehead atoms. The van der Waals surface area contributed by atoms with Crippen LogP contribution < -0.4 is 0 Å². The van der Waals surface area contributed by atoms with Gasteiger partial charge in [-0.05, 0) is 13.8 Å². The number of carbonyl (C=O) groups is 2. The van der Waals surface area contributed by atoms with Crippen molar-refractivity contribution in [2.75, 3.05) is 13.2 Å². The molecule has 0 amide bonds. The van der Waals surface area contributed by atoms with Crippen molar-refractivity contribution in [3.05, 3.63) is 49.0 Å². The number of esters is 2. The van der Waals surface area contributed by atoms with Gasteiger partial charge >= 0.3 is 23.3 Å². The number of nitrogens with zero attached hydrogens (tertiary/aromatic N) is 5. The van der Waals surface area contributed by atoms with E-state index in [2.05, 4.69) is 10.1 Å². The minimum Gasteiger partial charge on any atom is -0.460 e. The largest absolute Gasteiger partial charge is 0.460 e. The number of hydrogen-bond acceptors (Lipinski definition) is 10. The van der Waals surface area contributed by atoms with Gasteiger partial charge in [-0.3, -0.25) is 20.2 Å². The average Bonchev–Trinajstić information content (AvgIpc) is 3.06. The van der Waals surface area contributed by atoms with Crippen LogP contribution in [0.1, 0.15) is 35.1 Å². The van der Waals surface area contributed by atoms with Gasteiger partial charge in [0.05, 0.1) is 28.1 Å². The zero-order valence-electron chi connectivity index (χ0n) is 14.4. The van der Waals surface area contributed by atoms with E-state index in [0.717, 1.165) is 12.1 Å². The molecule has 0 radical (unpaired) electrons. The molecule has 0 N–H and O–H groups in total. The van der Waals surface area contributed by atoms with Crippen LogP contribution in [0.25, 0.3) is 5.69 Å². The molecule has 2 rings (SSSR count). The Kier molecular flexibility index (Phi) is 6.20. The lowest BCUT2D eigenvalue weighted by molar-refractivity contribution is -0.393. The van der Waals surface area contributed by atoms with Crippen LogP contribution in [0.4, 0.5) is 11.4 Å². The van der Waals surface area contributed by atoms with E-state index in [0.29, 0.717) is 4.68 Å². The molecule has 0 aliphatic rings. The van der Waals surface area contributed by atoms with Gasteiger partial charge in [0.25, 0.3) is 5.82 Å². The molecule has 0 fully saturated rings. The van der Waals surface area contributed by atoms with Gasteiger partial charge in [0.2, 0.25) is 11.5 Å². The number of nitro benzene ring substituents is 2. The highest BCUT2D eigenvalue weighted by molar-refractivity contribution is 6.31. The van der Waals surface area contributed by atoms with Crippen LogP contribution in [0.3, 0.4) is 0 Å². The summed E-state index contributed by atoms with van der Waals surface area (Å²) in [4.78, 5) is 48.7. The Balaban J connectivity index is 2.86. The molecule has 0 saturated carbocycles. The molecule has 0 spiro atoms. The zero-order chi connectivity index (χ0) is 21.0. The molecule has 0 unspecified atom stereocenters. The lowest BCUT2D eigenvalue weighted by atomic mass is 10.2. The fourth-order valence-electron chi connectivity index (χ4n) is 2.14. The summed E-state index contributed by atoms with van der Waals surface area (Å²) in [6.45, 7) is 2.86. The third-order valence-electron chi connectivity index (χ3n) is 3.16. The van der Waals surface area contributed by atoms with Crippen molar-refractivity contribution in [3.63, 3.8) is 0 Å². The first kappa shape index (κ1) is 20.7. The first-order chi connectivity index (χ1) is 13.2. The summed E-state index contributed by atoms with van der Waals surface area (Å²) in [5.41, 5.74) is -2.37. The van der Waals surface area contributed by atoms with E-state index in [4.69, 9.17) is 21.1 Å². The van der Waals surface area contributed by atoms with Gasteiger partial charge in [0.1, 0.15) is 0 Å². The van der Waals surface area contributed by atoms with Crippen LogP contribution >= 0.6 is 11.6 Å². The van der Waals surface area contributed by atoms with Gasteiger partial charge in [0.15, 0.2) is 0 Å². The van der Waals surface area contributed by atoms with Gasteiger partial charge in [0, 0.05) is 12.1 Å². The Morgan fingerprint density at radius 3 is 2.04 bits per heavy atom. The number of rotatable bonds is 7. The number of carbonyl (C=O) groups excluding carboxylic acids is 2. The predicted octanol–water partition coefficient (Wildman–Crippen LogP) is 2.09. The fraction of sp³-hybridized carbons (Fsp3) is 0.286. The topological polar surface area (TPSA) is 170 Å². The fourth-order valence-corrected chi connectivity index (χ4v) is 2.35. The van der Waals surface area contributed by atoms with E-state index >= 15 is 0 Å². The first-order valence-electron chi connectivity index (χ1n) is 7.65. The van der Waals surface area contributed by atoms with Crippen molar-refractivity contribution in [3.8, 4) is 5.69 Å². The molecule has 0 aliphatic heterocycles. The minimum atomic E-state index is -1.11. The molecule has 0 atom stereocenters. The van der Waals surface area contributed by atoms with Crippen molar-refractivity contribution < 1.29 is 28.9 Å². The van der Waals surface area contributed by atoms with E-state index in [1.165, 1.54) is 13.8 Å². The third-order valence-corrected chi connectivity index (χ3v) is 3.38. The number of nitro groups is 2. The molecule has 2 aromatic rings. The quantitative estimate of drug-likeness (QED) is 0.371. The highest BCUT2D eigenvalue weighted by atomic mass is 35.5. The van der Waals surface area contributed by atoms with Crippen LogP contribution in [-0.4, -0.2) is 49.8 Å². The van der Waals surface area contributed by atoms with Crippen LogP contribution in [0.15, 0.2) is 12.1 Å². The second-order valence-corrected chi connectivity index (χ2v) is 5.36. The maximum absolute atomic E-state index is 12.2. The summed E-state index contributed by atoms with van der Waals surface area (Å²) in [6.07, 6.45) is 0. The summed E-state index contributed by atoms with van der Waals surface area (Å²) in [5.74, 6) is -3.46. The number of halogens is 1. The second kappa shape index (κ2) is 8.39. The van der Waals surface area contributed by atoms with Crippen LogP contribution in [0.5, 0.6) is 0 Å². The minimum absolute atomic E-state index is 0.0383. The number of ether oxygens (including phenoxy) is 2. The summed E-state index contributed by atoms with van der Waals surface area (Å²) in [7, 11) is 0. The molecule has 0 saturated heterocycles. The van der Waals surface area contributed by atoms with Gasteiger partial charge in [-0.2, -0.15) is 9.67 Å². The molecule has 13 nitrogen and oxygen atoms in total. The van der Waals surface area contributed by atoms with E-state index in [1.807, 2.05) is 0 Å². The van der Waals surface area contributed by atoms with Gasteiger partial charge < -0.3 is 9.47 Å². The number of aromatic nitrogens is 3. The third kappa shape index (κ3) is 4.03. The lowest BCUT2D eigenvalue weighted by Crippen LogP contribution is -2.15. The van der Waals surface area contributed by atoms with E-state index < -0.39 is 50.5 Å². The van der Waals surface area contributed by atoms with E-state index in [-0.39, 0.29) is 18.2 Å². The van der Waals surface area contributed by atoms with E-state index in [9.17, 15) is 29.8 Å². The average molecular weight is 414 g/mol. The molecule has 0 aliphatic carbocycles. The molecular weight excluding hydrogens is 402 g/mol. The Hall–Kier alpha value is -3.61. The molecule has 1 aromatic heterocycles. The molecular formula is C14H12ClN5O8. The highest BCUT2D eigenvalue weighted by Gasteiger charge is 2.34. The number of benzene rings is 1. The predicted molar refractivity (Wildman–Crippen MR) is 91.6 cm³/mol. The van der Waals surface area contributed by atoms with Crippen molar-refractivity contribution in [1.82, 2.24) is 14.8 Å². The standard InChI is InChI=1S/C14H12ClN5O8/c1-3-27-13(21)11-16-12(14(22)28-4-2)18(17-11)10-8(19(23)24)5-7(15)6-9(10)20(25)26/h5-6H,3-4H2,1-2H3. The summed E-state index contributed by atoms with van der Waals surface area (Å²) < 4.78 is 10.0. The van der Waals surface area contributed by atoms with Crippen molar-refractivity contribution >= 4 is 34.9 Å². The zero-order valence-corrected chi connectivity index (χ0v) is 15.2. The van der Waals surface area contributed by atoms with Gasteiger partial charge in [-0.1, -0.05) is 11.6 Å². The Morgan fingerprint density at radius 2 is 1.57 bits per heavy atom. The lowest BCUT2D eigenvalue weighted by Gasteiger charge is -2.07.